The number of rotatable bonds is 1. The molecule has 1 aliphatic carbocycles. The summed E-state index contributed by atoms with van der Waals surface area (Å²) in [6, 6.07) is 6.76. The van der Waals surface area contributed by atoms with Crippen molar-refractivity contribution >= 4 is 21.6 Å². The summed E-state index contributed by atoms with van der Waals surface area (Å²) in [4.78, 5) is 2.56. The van der Waals surface area contributed by atoms with Crippen molar-refractivity contribution in [1.82, 2.24) is 0 Å². The molecule has 1 aromatic carbocycles. The second kappa shape index (κ2) is 4.88. The summed E-state index contributed by atoms with van der Waals surface area (Å²) in [7, 11) is 0. The Kier molecular flexibility index (Phi) is 3.40. The third-order valence-electron chi connectivity index (χ3n) is 4.61. The summed E-state index contributed by atoms with van der Waals surface area (Å²) in [5.74, 6) is 0. The number of halogens is 1. The Labute approximate surface area is 119 Å². The number of benzene rings is 1. The number of hydrogen-bond donors (Lipinski definition) is 0. The summed E-state index contributed by atoms with van der Waals surface area (Å²) >= 11 is 3.61. The van der Waals surface area contributed by atoms with Gasteiger partial charge in [0, 0.05) is 28.7 Å². The molecule has 18 heavy (non-hydrogen) atoms. The van der Waals surface area contributed by atoms with E-state index >= 15 is 0 Å². The Bertz CT molecular complexity index is 404. The molecule has 0 bridgehead atoms. The zero-order valence-corrected chi connectivity index (χ0v) is 12.8. The molecule has 1 heterocycles. The van der Waals surface area contributed by atoms with E-state index in [1.807, 2.05) is 0 Å². The van der Waals surface area contributed by atoms with Crippen molar-refractivity contribution in [2.75, 3.05) is 18.0 Å². The second-order valence-electron chi connectivity index (χ2n) is 6.26. The van der Waals surface area contributed by atoms with Crippen molar-refractivity contribution in [3.05, 3.63) is 28.2 Å². The predicted octanol–water partition coefficient (Wildman–Crippen LogP) is 4.92. The van der Waals surface area contributed by atoms with Crippen LogP contribution in [0.25, 0.3) is 0 Å². The van der Waals surface area contributed by atoms with E-state index in [1.54, 1.807) is 0 Å². The lowest BCUT2D eigenvalue weighted by Crippen LogP contribution is -2.56. The van der Waals surface area contributed by atoms with Crippen molar-refractivity contribution < 1.29 is 0 Å². The molecule has 0 N–H and O–H groups in total. The van der Waals surface area contributed by atoms with Crippen LogP contribution in [0.3, 0.4) is 0 Å². The Morgan fingerprint density at radius 2 is 1.67 bits per heavy atom. The zero-order valence-electron chi connectivity index (χ0n) is 11.2. The van der Waals surface area contributed by atoms with Crippen LogP contribution in [0, 0.1) is 12.3 Å². The van der Waals surface area contributed by atoms with Gasteiger partial charge in [-0.05, 0) is 43.5 Å². The van der Waals surface area contributed by atoms with E-state index in [1.165, 1.54) is 67.3 Å². The highest BCUT2D eigenvalue weighted by Gasteiger charge is 2.42. The van der Waals surface area contributed by atoms with E-state index in [0.29, 0.717) is 5.41 Å². The van der Waals surface area contributed by atoms with Gasteiger partial charge < -0.3 is 4.90 Å². The summed E-state index contributed by atoms with van der Waals surface area (Å²) in [5, 5.41) is 0. The summed E-state index contributed by atoms with van der Waals surface area (Å²) < 4.78 is 1.21. The third-order valence-corrected chi connectivity index (χ3v) is 5.07. The van der Waals surface area contributed by atoms with Crippen LogP contribution in [-0.4, -0.2) is 13.1 Å². The first-order valence-corrected chi connectivity index (χ1v) is 7.98. The molecule has 98 valence electrons. The highest BCUT2D eigenvalue weighted by molar-refractivity contribution is 9.10. The van der Waals surface area contributed by atoms with Gasteiger partial charge in [-0.15, -0.1) is 0 Å². The topological polar surface area (TPSA) is 3.24 Å². The largest absolute Gasteiger partial charge is 0.370 e. The molecule has 1 saturated heterocycles. The van der Waals surface area contributed by atoms with Crippen LogP contribution < -0.4 is 4.90 Å². The van der Waals surface area contributed by atoms with Crippen LogP contribution in [0.1, 0.15) is 44.1 Å². The molecule has 2 aliphatic rings. The molecule has 1 aliphatic heterocycles. The van der Waals surface area contributed by atoms with Gasteiger partial charge in [-0.3, -0.25) is 0 Å². The number of anilines is 1. The average molecular weight is 308 g/mol. The lowest BCUT2D eigenvalue weighted by Gasteiger charge is -2.52. The van der Waals surface area contributed by atoms with Crippen LogP contribution in [0.15, 0.2) is 22.7 Å². The lowest BCUT2D eigenvalue weighted by atomic mass is 9.73. The minimum Gasteiger partial charge on any atom is -0.370 e. The van der Waals surface area contributed by atoms with Crippen LogP contribution in [0.2, 0.25) is 0 Å². The molecule has 2 heteroatoms. The fraction of sp³-hybridized carbons (Fsp3) is 0.625. The maximum Gasteiger partial charge on any atom is 0.0380 e. The summed E-state index contributed by atoms with van der Waals surface area (Å²) in [6.45, 7) is 4.74. The van der Waals surface area contributed by atoms with Gasteiger partial charge in [0.1, 0.15) is 0 Å². The number of nitrogens with zero attached hydrogens (tertiary/aromatic N) is 1. The van der Waals surface area contributed by atoms with E-state index < -0.39 is 0 Å². The van der Waals surface area contributed by atoms with Gasteiger partial charge in [-0.2, -0.15) is 0 Å². The van der Waals surface area contributed by atoms with E-state index in [2.05, 4.69) is 46.0 Å². The Hall–Kier alpha value is -0.500. The van der Waals surface area contributed by atoms with Gasteiger partial charge >= 0.3 is 0 Å². The molecule has 1 spiro atoms. The number of aryl methyl sites for hydroxylation is 1. The SMILES string of the molecule is Cc1cc(Br)cc(N2CC3(CCCCCC3)C2)c1. The first-order chi connectivity index (χ1) is 8.67. The first-order valence-electron chi connectivity index (χ1n) is 7.19. The van der Waals surface area contributed by atoms with Crippen LogP contribution >= 0.6 is 15.9 Å². The Morgan fingerprint density at radius 3 is 2.28 bits per heavy atom. The summed E-state index contributed by atoms with van der Waals surface area (Å²) in [6.07, 6.45) is 8.72. The lowest BCUT2D eigenvalue weighted by molar-refractivity contribution is 0.180. The molecule has 0 radical (unpaired) electrons. The molecule has 0 unspecified atom stereocenters. The van der Waals surface area contributed by atoms with Crippen molar-refractivity contribution in [2.24, 2.45) is 5.41 Å². The molecule has 0 aromatic heterocycles. The first kappa shape index (κ1) is 12.5. The Balaban J connectivity index is 1.70. The molecule has 0 atom stereocenters. The fourth-order valence-electron chi connectivity index (χ4n) is 3.64. The molecule has 2 fully saturated rings. The molecule has 1 saturated carbocycles. The second-order valence-corrected chi connectivity index (χ2v) is 7.17. The van der Waals surface area contributed by atoms with Crippen LogP contribution in [0.5, 0.6) is 0 Å². The highest BCUT2D eigenvalue weighted by atomic mass is 79.9. The normalized spacial score (nSPS) is 22.7. The Morgan fingerprint density at radius 1 is 1.00 bits per heavy atom. The molecular weight excluding hydrogens is 286 g/mol. The minimum atomic E-state index is 0.659. The molecule has 1 aromatic rings. The molecular formula is C16H22BrN. The van der Waals surface area contributed by atoms with Crippen LogP contribution in [0.4, 0.5) is 5.69 Å². The third kappa shape index (κ3) is 2.45. The van der Waals surface area contributed by atoms with Crippen molar-refractivity contribution in [1.29, 1.82) is 0 Å². The highest BCUT2D eigenvalue weighted by Crippen LogP contribution is 2.44. The maximum absolute atomic E-state index is 3.61. The smallest absolute Gasteiger partial charge is 0.0380 e. The maximum atomic E-state index is 3.61. The van der Waals surface area contributed by atoms with Gasteiger partial charge in [0.2, 0.25) is 0 Å². The van der Waals surface area contributed by atoms with Gasteiger partial charge in [0.05, 0.1) is 0 Å². The van der Waals surface area contributed by atoms with Crippen molar-refractivity contribution in [3.63, 3.8) is 0 Å². The average Bonchev–Trinajstić information content (AvgIpc) is 2.50. The van der Waals surface area contributed by atoms with E-state index in [0.717, 1.165) is 0 Å². The van der Waals surface area contributed by atoms with Crippen LogP contribution in [-0.2, 0) is 0 Å². The van der Waals surface area contributed by atoms with Gasteiger partial charge in [0.15, 0.2) is 0 Å². The molecule has 3 rings (SSSR count). The van der Waals surface area contributed by atoms with Gasteiger partial charge in [-0.25, -0.2) is 0 Å². The minimum absolute atomic E-state index is 0.659. The standard InChI is InChI=1S/C16H22BrN/c1-13-8-14(17)10-15(9-13)18-11-16(12-18)6-4-2-3-5-7-16/h8-10H,2-7,11-12H2,1H3. The van der Waals surface area contributed by atoms with Gasteiger partial charge in [0.25, 0.3) is 0 Å². The predicted molar refractivity (Wildman–Crippen MR) is 81.2 cm³/mol. The van der Waals surface area contributed by atoms with Crippen molar-refractivity contribution in [3.8, 4) is 0 Å². The number of hydrogen-bond acceptors (Lipinski definition) is 1. The monoisotopic (exact) mass is 307 g/mol. The van der Waals surface area contributed by atoms with E-state index in [9.17, 15) is 0 Å². The van der Waals surface area contributed by atoms with E-state index in [4.69, 9.17) is 0 Å². The summed E-state index contributed by atoms with van der Waals surface area (Å²) in [5.41, 5.74) is 3.41. The molecule has 0 amide bonds. The molecule has 1 nitrogen and oxygen atoms in total. The van der Waals surface area contributed by atoms with Crippen molar-refractivity contribution in [2.45, 2.75) is 45.4 Å². The fourth-order valence-corrected chi connectivity index (χ4v) is 4.24. The quantitative estimate of drug-likeness (QED) is 0.712. The van der Waals surface area contributed by atoms with Gasteiger partial charge in [-0.1, -0.05) is 41.6 Å². The van der Waals surface area contributed by atoms with E-state index in [-0.39, 0.29) is 0 Å². The zero-order chi connectivity index (χ0) is 12.6.